The Hall–Kier alpha value is -5.52. The summed E-state index contributed by atoms with van der Waals surface area (Å²) in [5.74, 6) is -2.19. The van der Waals surface area contributed by atoms with Crippen molar-refractivity contribution in [3.05, 3.63) is 87.4 Å². The van der Waals surface area contributed by atoms with E-state index in [4.69, 9.17) is 11.6 Å². The van der Waals surface area contributed by atoms with Crippen molar-refractivity contribution in [2.45, 2.75) is 63.6 Å². The zero-order chi connectivity index (χ0) is 42.6. The molecular weight excluding hydrogens is 799 g/mol. The molecule has 318 valence electrons. The van der Waals surface area contributed by atoms with E-state index < -0.39 is 35.3 Å². The van der Waals surface area contributed by atoms with Gasteiger partial charge in [0.15, 0.2) is 0 Å². The lowest BCUT2D eigenvalue weighted by Crippen LogP contribution is -2.54. The summed E-state index contributed by atoms with van der Waals surface area (Å²) in [6.45, 7) is 9.27. The molecule has 6 aliphatic heterocycles. The first-order valence-electron chi connectivity index (χ1n) is 21.4. The van der Waals surface area contributed by atoms with Crippen LogP contribution in [0.1, 0.15) is 87.1 Å². The van der Waals surface area contributed by atoms with E-state index in [0.29, 0.717) is 68.3 Å². The molecule has 6 heterocycles. The molecule has 0 aliphatic carbocycles. The second-order valence-electron chi connectivity index (χ2n) is 17.8. The summed E-state index contributed by atoms with van der Waals surface area (Å²) >= 11 is 6.50. The number of nitrogens with zero attached hydrogens (tertiary/aromatic N) is 7. The standard InChI is InChI=1S/C46H50ClFN8O5/c1-30-37(9-4-32(27-49)40(30)47)55-19-14-45(28-55)12-17-52(18-13-45)33-5-2-31(3-6-33)42(59)54-24-22-51(23-25-54)29-46(48)15-20-53(21-16-46)34-7-8-35-36(26-34)44(61)56(43(35)60)38-10-11-39(57)50-41(38)58/h2-9,26,38H,10-25,28-29H2,1H3,(H,50,57,58). The maximum atomic E-state index is 16.3. The van der Waals surface area contributed by atoms with Crippen LogP contribution in [0.2, 0.25) is 5.02 Å². The summed E-state index contributed by atoms with van der Waals surface area (Å²) in [6, 6.07) is 18.0. The molecule has 1 spiro atoms. The summed E-state index contributed by atoms with van der Waals surface area (Å²) in [6.07, 6.45) is 4.05. The molecule has 5 amide bonds. The van der Waals surface area contributed by atoms with Gasteiger partial charge in [0.05, 0.1) is 21.7 Å². The summed E-state index contributed by atoms with van der Waals surface area (Å²) in [7, 11) is 0. The minimum Gasteiger partial charge on any atom is -0.371 e. The predicted molar refractivity (Wildman–Crippen MR) is 229 cm³/mol. The average Bonchev–Trinajstić information content (AvgIpc) is 3.78. The molecule has 13 nitrogen and oxygen atoms in total. The first-order valence-corrected chi connectivity index (χ1v) is 21.8. The molecule has 3 aromatic carbocycles. The lowest BCUT2D eigenvalue weighted by Gasteiger charge is -2.42. The van der Waals surface area contributed by atoms with Crippen LogP contribution in [0.3, 0.4) is 0 Å². The van der Waals surface area contributed by atoms with Gasteiger partial charge in [-0.15, -0.1) is 0 Å². The number of nitriles is 1. The zero-order valence-electron chi connectivity index (χ0n) is 34.4. The predicted octanol–water partition coefficient (Wildman–Crippen LogP) is 5.18. The van der Waals surface area contributed by atoms with Crippen LogP contribution in [0.5, 0.6) is 0 Å². The van der Waals surface area contributed by atoms with Crippen molar-refractivity contribution in [3.63, 3.8) is 0 Å². The van der Waals surface area contributed by atoms with Gasteiger partial charge in [-0.3, -0.25) is 39.1 Å². The number of carbonyl (C=O) groups is 5. The van der Waals surface area contributed by atoms with Crippen LogP contribution in [0.4, 0.5) is 21.5 Å². The van der Waals surface area contributed by atoms with Gasteiger partial charge in [-0.2, -0.15) is 5.26 Å². The van der Waals surface area contributed by atoms with E-state index in [1.807, 2.05) is 41.0 Å². The lowest BCUT2D eigenvalue weighted by molar-refractivity contribution is -0.136. The number of piperidine rings is 3. The molecule has 1 N–H and O–H groups in total. The lowest BCUT2D eigenvalue weighted by atomic mass is 9.77. The van der Waals surface area contributed by atoms with Crippen LogP contribution in [0.25, 0.3) is 0 Å². The number of alkyl halides is 1. The molecule has 0 bridgehead atoms. The molecule has 6 aliphatic rings. The third-order valence-corrected chi connectivity index (χ3v) is 14.7. The molecule has 5 fully saturated rings. The van der Waals surface area contributed by atoms with Crippen molar-refractivity contribution >= 4 is 58.2 Å². The van der Waals surface area contributed by atoms with Gasteiger partial charge in [0.25, 0.3) is 17.7 Å². The van der Waals surface area contributed by atoms with Gasteiger partial charge in [0, 0.05) is 114 Å². The topological polar surface area (TPSA) is 141 Å². The molecule has 1 atom stereocenters. The number of hydrogen-bond acceptors (Lipinski definition) is 10. The highest BCUT2D eigenvalue weighted by Gasteiger charge is 2.46. The third-order valence-electron chi connectivity index (χ3n) is 14.2. The smallest absolute Gasteiger partial charge is 0.262 e. The minimum absolute atomic E-state index is 0.00827. The largest absolute Gasteiger partial charge is 0.371 e. The molecule has 15 heteroatoms. The van der Waals surface area contributed by atoms with Gasteiger partial charge in [-0.05, 0) is 98.2 Å². The third kappa shape index (κ3) is 7.71. The van der Waals surface area contributed by atoms with Crippen molar-refractivity contribution in [1.29, 1.82) is 5.26 Å². The molecule has 0 aromatic heterocycles. The summed E-state index contributed by atoms with van der Waals surface area (Å²) < 4.78 is 16.3. The number of hydrogen-bond donors (Lipinski definition) is 1. The molecule has 1 unspecified atom stereocenters. The van der Waals surface area contributed by atoms with Crippen molar-refractivity contribution < 1.29 is 28.4 Å². The van der Waals surface area contributed by atoms with Crippen molar-refractivity contribution in [2.75, 3.05) is 86.7 Å². The van der Waals surface area contributed by atoms with Crippen molar-refractivity contribution in [1.82, 2.24) is 20.0 Å². The van der Waals surface area contributed by atoms with E-state index in [9.17, 15) is 29.2 Å². The SMILES string of the molecule is Cc1c(N2CCC3(CCN(c4ccc(C(=O)N5CCN(CC6(F)CCN(c7ccc8c(c7)C(=O)N(C7CCC(=O)NC7=O)C8=O)CC6)CC5)cc4)CC3)C2)ccc(C#N)c1Cl. The first-order chi connectivity index (χ1) is 29.3. The van der Waals surface area contributed by atoms with E-state index in [-0.39, 0.29) is 41.8 Å². The summed E-state index contributed by atoms with van der Waals surface area (Å²) in [4.78, 5) is 75.9. The van der Waals surface area contributed by atoms with E-state index >= 15 is 4.39 Å². The molecular formula is C46H50ClFN8O5. The molecule has 5 saturated heterocycles. The first kappa shape index (κ1) is 40.9. The van der Waals surface area contributed by atoms with Gasteiger partial charge >= 0.3 is 0 Å². The highest BCUT2D eigenvalue weighted by Crippen LogP contribution is 2.44. The monoisotopic (exact) mass is 848 g/mol. The van der Waals surface area contributed by atoms with Crippen LogP contribution in [0.15, 0.2) is 54.6 Å². The molecule has 0 radical (unpaired) electrons. The van der Waals surface area contributed by atoms with Crippen LogP contribution < -0.4 is 20.0 Å². The van der Waals surface area contributed by atoms with Crippen molar-refractivity contribution in [3.8, 4) is 6.07 Å². The number of halogens is 2. The zero-order valence-corrected chi connectivity index (χ0v) is 35.2. The Morgan fingerprint density at radius 2 is 1.43 bits per heavy atom. The Labute approximate surface area is 360 Å². The summed E-state index contributed by atoms with van der Waals surface area (Å²) in [5.41, 5.74) is 4.38. The fourth-order valence-electron chi connectivity index (χ4n) is 10.4. The Morgan fingerprint density at radius 1 is 0.803 bits per heavy atom. The Kier molecular flexibility index (Phi) is 10.8. The van der Waals surface area contributed by atoms with Gasteiger partial charge in [-0.25, -0.2) is 4.39 Å². The second kappa shape index (κ2) is 16.1. The number of anilines is 3. The van der Waals surface area contributed by atoms with Gasteiger partial charge in [0.1, 0.15) is 17.8 Å². The number of carbonyl (C=O) groups excluding carboxylic acids is 5. The fraction of sp³-hybridized carbons (Fsp3) is 0.478. The maximum Gasteiger partial charge on any atom is 0.262 e. The maximum absolute atomic E-state index is 16.3. The molecule has 9 rings (SSSR count). The van der Waals surface area contributed by atoms with Crippen molar-refractivity contribution in [2.24, 2.45) is 5.41 Å². The highest BCUT2D eigenvalue weighted by molar-refractivity contribution is 6.33. The molecule has 3 aromatic rings. The number of nitrogens with one attached hydrogen (secondary N) is 1. The Balaban J connectivity index is 0.727. The van der Waals surface area contributed by atoms with Gasteiger partial charge in [-0.1, -0.05) is 11.6 Å². The normalized spacial score (nSPS) is 22.8. The van der Waals surface area contributed by atoms with Gasteiger partial charge < -0.3 is 19.6 Å². The number of fused-ring (bicyclic) bond motifs is 1. The second-order valence-corrected chi connectivity index (χ2v) is 18.1. The van der Waals surface area contributed by atoms with E-state index in [0.717, 1.165) is 73.0 Å². The van der Waals surface area contributed by atoms with E-state index in [1.165, 1.54) is 0 Å². The Bertz CT molecular complexity index is 2330. The number of imide groups is 2. The van der Waals surface area contributed by atoms with E-state index in [1.54, 1.807) is 18.2 Å². The minimum atomic E-state index is -1.40. The number of piperazine rings is 1. The van der Waals surface area contributed by atoms with Crippen LogP contribution >= 0.6 is 11.6 Å². The fourth-order valence-corrected chi connectivity index (χ4v) is 10.6. The number of amides is 5. The highest BCUT2D eigenvalue weighted by atomic mass is 35.5. The van der Waals surface area contributed by atoms with Crippen LogP contribution in [-0.2, 0) is 9.59 Å². The van der Waals surface area contributed by atoms with Gasteiger partial charge in [0.2, 0.25) is 11.8 Å². The Morgan fingerprint density at radius 3 is 2.10 bits per heavy atom. The van der Waals surface area contributed by atoms with E-state index in [2.05, 4.69) is 38.2 Å². The number of rotatable bonds is 7. The number of benzene rings is 3. The van der Waals surface area contributed by atoms with Crippen LogP contribution in [-0.4, -0.2) is 128 Å². The average molecular weight is 849 g/mol. The van der Waals surface area contributed by atoms with Crippen LogP contribution in [0, 0.1) is 23.7 Å². The molecule has 0 saturated carbocycles. The quantitative estimate of drug-likeness (QED) is 0.317. The molecule has 61 heavy (non-hydrogen) atoms. The summed E-state index contributed by atoms with van der Waals surface area (Å²) in [5, 5.41) is 12.1.